The number of pyridine rings is 1. The molecular weight excluding hydrogens is 293 g/mol. The van der Waals surface area contributed by atoms with Gasteiger partial charge in [0.05, 0.1) is 5.56 Å². The zero-order chi connectivity index (χ0) is 16.4. The molecule has 0 saturated carbocycles. The largest absolute Gasteiger partial charge is 0.505 e. The molecule has 0 saturated heterocycles. The molecule has 0 aliphatic heterocycles. The lowest BCUT2D eigenvalue weighted by Crippen LogP contribution is -1.96. The fourth-order valence-electron chi connectivity index (χ4n) is 2.73. The van der Waals surface area contributed by atoms with Gasteiger partial charge in [-0.05, 0) is 53.8 Å². The van der Waals surface area contributed by atoms with Crippen LogP contribution in [0.1, 0.15) is 34.0 Å². The Balaban J connectivity index is 2.07. The van der Waals surface area contributed by atoms with Crippen LogP contribution in [0.4, 0.5) is 4.39 Å². The van der Waals surface area contributed by atoms with Crippen molar-refractivity contribution in [2.24, 2.45) is 0 Å². The van der Waals surface area contributed by atoms with E-state index in [1.165, 1.54) is 12.1 Å². The van der Waals surface area contributed by atoms with Crippen LogP contribution in [0.2, 0.25) is 0 Å². The van der Waals surface area contributed by atoms with Crippen LogP contribution in [0.3, 0.4) is 0 Å². The number of aldehydes is 1. The summed E-state index contributed by atoms with van der Waals surface area (Å²) in [4.78, 5) is 15.4. The monoisotopic (exact) mass is 309 g/mol. The zero-order valence-corrected chi connectivity index (χ0v) is 12.7. The lowest BCUT2D eigenvalue weighted by atomic mass is 9.98. The molecule has 0 bridgehead atoms. The van der Waals surface area contributed by atoms with E-state index in [1.54, 1.807) is 24.4 Å². The van der Waals surface area contributed by atoms with Crippen LogP contribution in [-0.4, -0.2) is 16.4 Å². The van der Waals surface area contributed by atoms with Crippen molar-refractivity contribution in [1.82, 2.24) is 4.98 Å². The number of aromatic hydroxyl groups is 1. The number of hydrogen-bond donors (Lipinski definition) is 1. The fraction of sp³-hybridized carbons (Fsp3) is 0.158. The molecule has 0 aliphatic carbocycles. The van der Waals surface area contributed by atoms with Gasteiger partial charge >= 0.3 is 0 Å². The maximum Gasteiger partial charge on any atom is 0.153 e. The molecule has 0 aliphatic rings. The van der Waals surface area contributed by atoms with E-state index in [1.807, 2.05) is 13.0 Å². The number of aromatic nitrogens is 1. The van der Waals surface area contributed by atoms with Crippen LogP contribution >= 0.6 is 0 Å². The van der Waals surface area contributed by atoms with Gasteiger partial charge in [0, 0.05) is 11.6 Å². The van der Waals surface area contributed by atoms with Crippen molar-refractivity contribution >= 4 is 17.2 Å². The molecule has 1 heterocycles. The van der Waals surface area contributed by atoms with Gasteiger partial charge < -0.3 is 5.11 Å². The number of benzene rings is 2. The number of phenols is 1. The quantitative estimate of drug-likeness (QED) is 0.740. The molecule has 0 spiro atoms. The van der Waals surface area contributed by atoms with Gasteiger partial charge in [-0.2, -0.15) is 0 Å². The Morgan fingerprint density at radius 2 is 1.91 bits per heavy atom. The highest BCUT2D eigenvalue weighted by molar-refractivity contribution is 5.95. The van der Waals surface area contributed by atoms with Gasteiger partial charge in [0.25, 0.3) is 0 Å². The molecule has 0 unspecified atom stereocenters. The third-order valence-electron chi connectivity index (χ3n) is 3.95. The summed E-state index contributed by atoms with van der Waals surface area (Å²) in [5, 5.41) is 11.0. The lowest BCUT2D eigenvalue weighted by molar-refractivity contribution is 0.112. The smallest absolute Gasteiger partial charge is 0.153 e. The zero-order valence-electron chi connectivity index (χ0n) is 12.7. The first-order valence-corrected chi connectivity index (χ1v) is 7.45. The van der Waals surface area contributed by atoms with Crippen molar-refractivity contribution in [1.29, 1.82) is 0 Å². The number of phenolic OH excluding ortho intramolecular Hbond substituents is 1. The molecule has 4 heteroatoms. The van der Waals surface area contributed by atoms with Crippen molar-refractivity contribution in [3.05, 3.63) is 70.7 Å². The molecule has 0 amide bonds. The van der Waals surface area contributed by atoms with Crippen LogP contribution in [0, 0.1) is 5.82 Å². The molecule has 0 radical (unpaired) electrons. The highest BCUT2D eigenvalue weighted by Crippen LogP contribution is 2.30. The van der Waals surface area contributed by atoms with Crippen molar-refractivity contribution in [2.45, 2.75) is 19.8 Å². The van der Waals surface area contributed by atoms with E-state index in [0.717, 1.165) is 28.5 Å². The predicted molar refractivity (Wildman–Crippen MR) is 87.4 cm³/mol. The molecule has 116 valence electrons. The van der Waals surface area contributed by atoms with E-state index in [2.05, 4.69) is 4.98 Å². The van der Waals surface area contributed by atoms with Crippen molar-refractivity contribution in [2.75, 3.05) is 0 Å². The number of carbonyl (C=O) groups excluding carboxylic acids is 1. The second kappa shape index (κ2) is 6.16. The number of hydrogen-bond acceptors (Lipinski definition) is 3. The third kappa shape index (κ3) is 2.93. The Labute approximate surface area is 133 Å². The van der Waals surface area contributed by atoms with Gasteiger partial charge in [-0.25, -0.2) is 4.39 Å². The standard InChI is InChI=1S/C19H16FNO2/c1-2-14-9-15(11-22)19(23)18-17(14)8-13(10-21-18)7-12-3-5-16(20)6-4-12/h3-6,8-11,23H,2,7H2,1H3. The summed E-state index contributed by atoms with van der Waals surface area (Å²) >= 11 is 0. The number of fused-ring (bicyclic) bond motifs is 1. The molecule has 23 heavy (non-hydrogen) atoms. The maximum absolute atomic E-state index is 13.0. The van der Waals surface area contributed by atoms with Gasteiger partial charge in [-0.1, -0.05) is 19.1 Å². The summed E-state index contributed by atoms with van der Waals surface area (Å²) in [7, 11) is 0. The normalized spacial score (nSPS) is 10.9. The average Bonchev–Trinajstić information content (AvgIpc) is 2.57. The summed E-state index contributed by atoms with van der Waals surface area (Å²) in [5.74, 6) is -0.342. The molecule has 1 aromatic heterocycles. The summed E-state index contributed by atoms with van der Waals surface area (Å²) in [6.45, 7) is 1.99. The Morgan fingerprint density at radius 1 is 1.17 bits per heavy atom. The topological polar surface area (TPSA) is 50.2 Å². The van der Waals surface area contributed by atoms with Crippen LogP contribution in [0.5, 0.6) is 5.75 Å². The first kappa shape index (κ1) is 15.2. The first-order chi connectivity index (χ1) is 11.1. The molecule has 1 N–H and O–H groups in total. The summed E-state index contributed by atoms with van der Waals surface area (Å²) < 4.78 is 13.0. The molecule has 3 aromatic rings. The van der Waals surface area contributed by atoms with E-state index in [0.29, 0.717) is 18.2 Å². The molecule has 2 aromatic carbocycles. The molecule has 0 fully saturated rings. The summed E-state index contributed by atoms with van der Waals surface area (Å²) in [6, 6.07) is 10.0. The third-order valence-corrected chi connectivity index (χ3v) is 3.95. The summed E-state index contributed by atoms with van der Waals surface area (Å²) in [6.07, 6.45) is 3.68. The maximum atomic E-state index is 13.0. The first-order valence-electron chi connectivity index (χ1n) is 7.45. The van der Waals surface area contributed by atoms with Gasteiger partial charge in [0.15, 0.2) is 12.0 Å². The summed E-state index contributed by atoms with van der Waals surface area (Å²) in [5.41, 5.74) is 3.62. The van der Waals surface area contributed by atoms with Crippen molar-refractivity contribution in [3.63, 3.8) is 0 Å². The lowest BCUT2D eigenvalue weighted by Gasteiger charge is -2.10. The average molecular weight is 309 g/mol. The van der Waals surface area contributed by atoms with Crippen LogP contribution in [-0.2, 0) is 12.8 Å². The number of halogens is 1. The van der Waals surface area contributed by atoms with E-state index in [4.69, 9.17) is 0 Å². The van der Waals surface area contributed by atoms with Gasteiger partial charge in [-0.3, -0.25) is 9.78 Å². The Bertz CT molecular complexity index is 873. The number of rotatable bonds is 4. The minimum Gasteiger partial charge on any atom is -0.505 e. The van der Waals surface area contributed by atoms with Gasteiger partial charge in [0.2, 0.25) is 0 Å². The van der Waals surface area contributed by atoms with Crippen LogP contribution in [0.15, 0.2) is 42.6 Å². The van der Waals surface area contributed by atoms with Gasteiger partial charge in [0.1, 0.15) is 11.3 Å². The van der Waals surface area contributed by atoms with Crippen LogP contribution in [0.25, 0.3) is 10.9 Å². The molecular formula is C19H16FNO2. The molecule has 3 rings (SSSR count). The second-order valence-corrected chi connectivity index (χ2v) is 5.49. The highest BCUT2D eigenvalue weighted by atomic mass is 19.1. The Hall–Kier alpha value is -2.75. The van der Waals surface area contributed by atoms with E-state index in [-0.39, 0.29) is 17.1 Å². The molecule has 3 nitrogen and oxygen atoms in total. The SMILES string of the molecule is CCc1cc(C=O)c(O)c2ncc(Cc3ccc(F)cc3)cc12. The van der Waals surface area contributed by atoms with Crippen molar-refractivity contribution in [3.8, 4) is 5.75 Å². The minimum atomic E-state index is -0.259. The highest BCUT2D eigenvalue weighted by Gasteiger charge is 2.12. The molecule has 0 atom stereocenters. The van der Waals surface area contributed by atoms with Gasteiger partial charge in [-0.15, -0.1) is 0 Å². The number of nitrogens with zero attached hydrogens (tertiary/aromatic N) is 1. The second-order valence-electron chi connectivity index (χ2n) is 5.49. The van der Waals surface area contributed by atoms with Crippen molar-refractivity contribution < 1.29 is 14.3 Å². The number of carbonyl (C=O) groups is 1. The minimum absolute atomic E-state index is 0.0828. The van der Waals surface area contributed by atoms with E-state index < -0.39 is 0 Å². The fourth-order valence-corrected chi connectivity index (χ4v) is 2.73. The van der Waals surface area contributed by atoms with Crippen LogP contribution < -0.4 is 0 Å². The van der Waals surface area contributed by atoms with E-state index in [9.17, 15) is 14.3 Å². The predicted octanol–water partition coefficient (Wildman–Crippen LogP) is 4.05. The Kier molecular flexibility index (Phi) is 4.06. The Morgan fingerprint density at radius 3 is 2.57 bits per heavy atom. The van der Waals surface area contributed by atoms with E-state index >= 15 is 0 Å². The number of aryl methyl sites for hydroxylation is 1.